The molecule has 0 aliphatic carbocycles. The standard InChI is InChI=1S/C21H19N5O/c27-21(17-8-11-22-18-6-2-1-5-16(17)18)25-13-9-15(10-14-25)20-24-23-19-7-3-4-12-26(19)20/h1-8,11-12,15H,9-10,13-14H2. The van der Waals surface area contributed by atoms with Gasteiger partial charge in [-0.25, -0.2) is 0 Å². The van der Waals surface area contributed by atoms with E-state index in [1.807, 2.05) is 59.6 Å². The Bertz CT molecular complexity index is 1120. The molecule has 1 aliphatic rings. The minimum atomic E-state index is 0.0816. The molecule has 4 heterocycles. The van der Waals surface area contributed by atoms with Gasteiger partial charge in [-0.3, -0.25) is 14.2 Å². The Morgan fingerprint density at radius 2 is 1.78 bits per heavy atom. The van der Waals surface area contributed by atoms with E-state index in [9.17, 15) is 4.79 Å². The van der Waals surface area contributed by atoms with Crippen molar-refractivity contribution in [1.82, 2.24) is 24.5 Å². The quantitative estimate of drug-likeness (QED) is 0.552. The first-order valence-corrected chi connectivity index (χ1v) is 9.24. The van der Waals surface area contributed by atoms with Crippen molar-refractivity contribution < 1.29 is 4.79 Å². The molecular formula is C21H19N5O. The van der Waals surface area contributed by atoms with Crippen molar-refractivity contribution in [3.05, 3.63) is 72.3 Å². The van der Waals surface area contributed by atoms with Crippen molar-refractivity contribution in [1.29, 1.82) is 0 Å². The van der Waals surface area contributed by atoms with Crippen LogP contribution in [0.1, 0.15) is 34.9 Å². The molecule has 0 saturated carbocycles. The number of likely N-dealkylation sites (tertiary alicyclic amines) is 1. The average molecular weight is 357 g/mol. The zero-order valence-corrected chi connectivity index (χ0v) is 14.8. The Morgan fingerprint density at radius 3 is 2.67 bits per heavy atom. The number of piperidine rings is 1. The molecule has 6 heteroatoms. The molecule has 3 aromatic heterocycles. The summed E-state index contributed by atoms with van der Waals surface area (Å²) in [6.07, 6.45) is 5.50. The molecule has 1 amide bonds. The van der Waals surface area contributed by atoms with Crippen LogP contribution in [0.4, 0.5) is 0 Å². The number of pyridine rings is 2. The largest absolute Gasteiger partial charge is 0.339 e. The SMILES string of the molecule is O=C(c1ccnc2ccccc12)N1CCC(c2nnc3ccccn23)CC1. The summed E-state index contributed by atoms with van der Waals surface area (Å²) < 4.78 is 2.05. The van der Waals surface area contributed by atoms with Crippen LogP contribution in [0, 0.1) is 0 Å². The van der Waals surface area contributed by atoms with Gasteiger partial charge in [-0.05, 0) is 37.1 Å². The first kappa shape index (κ1) is 15.9. The van der Waals surface area contributed by atoms with Gasteiger partial charge in [-0.2, -0.15) is 0 Å². The zero-order valence-electron chi connectivity index (χ0n) is 14.8. The second-order valence-corrected chi connectivity index (χ2v) is 6.93. The molecule has 0 N–H and O–H groups in total. The van der Waals surface area contributed by atoms with E-state index in [0.29, 0.717) is 5.92 Å². The topological polar surface area (TPSA) is 63.4 Å². The van der Waals surface area contributed by atoms with Crippen LogP contribution in [0.15, 0.2) is 60.9 Å². The number of carbonyl (C=O) groups is 1. The highest BCUT2D eigenvalue weighted by molar-refractivity contribution is 6.05. The number of carbonyl (C=O) groups excluding carboxylic acids is 1. The summed E-state index contributed by atoms with van der Waals surface area (Å²) in [7, 11) is 0. The molecule has 0 unspecified atom stereocenters. The molecule has 0 atom stereocenters. The maximum Gasteiger partial charge on any atom is 0.254 e. The second-order valence-electron chi connectivity index (χ2n) is 6.93. The Kier molecular flexibility index (Phi) is 3.81. The molecule has 6 nitrogen and oxygen atoms in total. The van der Waals surface area contributed by atoms with Crippen molar-refractivity contribution in [2.24, 2.45) is 0 Å². The minimum Gasteiger partial charge on any atom is -0.339 e. The van der Waals surface area contributed by atoms with Crippen LogP contribution in [0.5, 0.6) is 0 Å². The lowest BCUT2D eigenvalue weighted by Crippen LogP contribution is -2.38. The average Bonchev–Trinajstić information content (AvgIpc) is 3.17. The molecule has 134 valence electrons. The number of fused-ring (bicyclic) bond motifs is 2. The summed E-state index contributed by atoms with van der Waals surface area (Å²) in [5, 5.41) is 9.56. The highest BCUT2D eigenvalue weighted by atomic mass is 16.2. The highest BCUT2D eigenvalue weighted by Gasteiger charge is 2.28. The van der Waals surface area contributed by atoms with E-state index in [1.54, 1.807) is 6.20 Å². The third-order valence-corrected chi connectivity index (χ3v) is 5.37. The predicted octanol–water partition coefficient (Wildman–Crippen LogP) is 3.30. The number of rotatable bonds is 2. The number of nitrogens with zero attached hydrogens (tertiary/aromatic N) is 5. The first-order chi connectivity index (χ1) is 13.3. The monoisotopic (exact) mass is 357 g/mol. The van der Waals surface area contributed by atoms with Gasteiger partial charge in [0, 0.05) is 36.8 Å². The van der Waals surface area contributed by atoms with Crippen molar-refractivity contribution in [2.45, 2.75) is 18.8 Å². The summed E-state index contributed by atoms with van der Waals surface area (Å²) >= 11 is 0. The summed E-state index contributed by atoms with van der Waals surface area (Å²) in [6.45, 7) is 1.45. The minimum absolute atomic E-state index is 0.0816. The molecule has 0 spiro atoms. The number of amides is 1. The Labute approximate surface area is 156 Å². The lowest BCUT2D eigenvalue weighted by atomic mass is 9.95. The van der Waals surface area contributed by atoms with E-state index < -0.39 is 0 Å². The summed E-state index contributed by atoms with van der Waals surface area (Å²) in [6, 6.07) is 15.5. The number of para-hydroxylation sites is 1. The fourth-order valence-electron chi connectivity index (χ4n) is 3.93. The van der Waals surface area contributed by atoms with Gasteiger partial charge in [0.15, 0.2) is 5.65 Å². The molecule has 27 heavy (non-hydrogen) atoms. The fraction of sp³-hybridized carbons (Fsp3) is 0.238. The third-order valence-electron chi connectivity index (χ3n) is 5.37. The summed E-state index contributed by atoms with van der Waals surface area (Å²) in [4.78, 5) is 19.4. The van der Waals surface area contributed by atoms with E-state index in [1.165, 1.54) is 0 Å². The van der Waals surface area contributed by atoms with Crippen molar-refractivity contribution >= 4 is 22.5 Å². The molecule has 5 rings (SSSR count). The van der Waals surface area contributed by atoms with Gasteiger partial charge in [-0.1, -0.05) is 24.3 Å². The van der Waals surface area contributed by atoms with E-state index in [-0.39, 0.29) is 5.91 Å². The number of hydrogen-bond donors (Lipinski definition) is 0. The highest BCUT2D eigenvalue weighted by Crippen LogP contribution is 2.28. The molecular weight excluding hydrogens is 338 g/mol. The predicted molar refractivity (Wildman–Crippen MR) is 103 cm³/mol. The molecule has 0 bridgehead atoms. The maximum atomic E-state index is 13.1. The van der Waals surface area contributed by atoms with Crippen LogP contribution in [0.2, 0.25) is 0 Å². The van der Waals surface area contributed by atoms with E-state index in [2.05, 4.69) is 19.6 Å². The molecule has 1 aliphatic heterocycles. The zero-order chi connectivity index (χ0) is 18.2. The van der Waals surface area contributed by atoms with Gasteiger partial charge >= 0.3 is 0 Å². The lowest BCUT2D eigenvalue weighted by Gasteiger charge is -2.31. The normalized spacial score (nSPS) is 15.5. The summed E-state index contributed by atoms with van der Waals surface area (Å²) in [5.74, 6) is 1.39. The van der Waals surface area contributed by atoms with Gasteiger partial charge in [0.05, 0.1) is 11.1 Å². The Morgan fingerprint density at radius 1 is 0.963 bits per heavy atom. The number of benzene rings is 1. The van der Waals surface area contributed by atoms with Gasteiger partial charge in [-0.15, -0.1) is 10.2 Å². The first-order valence-electron chi connectivity index (χ1n) is 9.24. The molecule has 1 saturated heterocycles. The van der Waals surface area contributed by atoms with Crippen LogP contribution >= 0.6 is 0 Å². The van der Waals surface area contributed by atoms with Crippen LogP contribution in [-0.4, -0.2) is 43.5 Å². The Hall–Kier alpha value is -3.28. The van der Waals surface area contributed by atoms with E-state index in [0.717, 1.165) is 53.9 Å². The smallest absolute Gasteiger partial charge is 0.254 e. The van der Waals surface area contributed by atoms with Crippen LogP contribution in [0.25, 0.3) is 16.6 Å². The molecule has 1 aromatic carbocycles. The summed E-state index contributed by atoms with van der Waals surface area (Å²) in [5.41, 5.74) is 2.45. The number of aromatic nitrogens is 4. The molecule has 1 fully saturated rings. The maximum absolute atomic E-state index is 13.1. The van der Waals surface area contributed by atoms with Gasteiger partial charge in [0.25, 0.3) is 5.91 Å². The van der Waals surface area contributed by atoms with Crippen LogP contribution in [-0.2, 0) is 0 Å². The van der Waals surface area contributed by atoms with Gasteiger partial charge in [0.2, 0.25) is 0 Å². The lowest BCUT2D eigenvalue weighted by molar-refractivity contribution is 0.0713. The van der Waals surface area contributed by atoms with Crippen LogP contribution < -0.4 is 0 Å². The van der Waals surface area contributed by atoms with Crippen molar-refractivity contribution in [3.8, 4) is 0 Å². The van der Waals surface area contributed by atoms with E-state index in [4.69, 9.17) is 0 Å². The number of hydrogen-bond acceptors (Lipinski definition) is 4. The molecule has 0 radical (unpaired) electrons. The fourth-order valence-corrected chi connectivity index (χ4v) is 3.93. The Balaban J connectivity index is 1.36. The molecule has 4 aromatic rings. The van der Waals surface area contributed by atoms with Crippen LogP contribution in [0.3, 0.4) is 0 Å². The second kappa shape index (κ2) is 6.46. The van der Waals surface area contributed by atoms with Crippen molar-refractivity contribution in [3.63, 3.8) is 0 Å². The van der Waals surface area contributed by atoms with Gasteiger partial charge < -0.3 is 4.90 Å². The van der Waals surface area contributed by atoms with Crippen molar-refractivity contribution in [2.75, 3.05) is 13.1 Å². The van der Waals surface area contributed by atoms with Gasteiger partial charge in [0.1, 0.15) is 5.82 Å². The third kappa shape index (κ3) is 2.73. The van der Waals surface area contributed by atoms with E-state index >= 15 is 0 Å².